The van der Waals surface area contributed by atoms with Crippen molar-refractivity contribution in [3.63, 3.8) is 0 Å². The molecule has 0 aliphatic carbocycles. The Balaban J connectivity index is 1.37. The van der Waals surface area contributed by atoms with Crippen molar-refractivity contribution >= 4 is 11.8 Å². The van der Waals surface area contributed by atoms with Crippen LogP contribution in [0.5, 0.6) is 5.75 Å². The zero-order valence-electron chi connectivity index (χ0n) is 15.8. The third kappa shape index (κ3) is 5.68. The van der Waals surface area contributed by atoms with Crippen LogP contribution < -0.4 is 10.5 Å². The fourth-order valence-corrected chi connectivity index (χ4v) is 3.70. The Labute approximate surface area is 160 Å². The summed E-state index contributed by atoms with van der Waals surface area (Å²) < 4.78 is 11.1. The summed E-state index contributed by atoms with van der Waals surface area (Å²) >= 11 is 0. The normalized spacial score (nSPS) is 21.0. The van der Waals surface area contributed by atoms with Gasteiger partial charge in [-0.2, -0.15) is 0 Å². The van der Waals surface area contributed by atoms with Crippen molar-refractivity contribution in [2.45, 2.75) is 19.3 Å². The third-order valence-corrected chi connectivity index (χ3v) is 5.20. The number of rotatable bonds is 7. The molecular formula is C20H29N3O4. The monoisotopic (exact) mass is 375 g/mol. The number of nitrogens with zero attached hydrogens (tertiary/aromatic N) is 2. The summed E-state index contributed by atoms with van der Waals surface area (Å²) in [6.07, 6.45) is 2.95. The summed E-state index contributed by atoms with van der Waals surface area (Å²) in [6, 6.07) is 6.87. The Morgan fingerprint density at radius 3 is 2.59 bits per heavy atom. The molecule has 27 heavy (non-hydrogen) atoms. The number of hydrogen-bond donors (Lipinski definition) is 1. The molecule has 7 nitrogen and oxygen atoms in total. The van der Waals surface area contributed by atoms with Gasteiger partial charge in [0.25, 0.3) is 0 Å². The number of nitrogens with two attached hydrogens (primary N) is 1. The highest BCUT2D eigenvalue weighted by Crippen LogP contribution is 2.20. The van der Waals surface area contributed by atoms with E-state index in [1.54, 1.807) is 24.3 Å². The van der Waals surface area contributed by atoms with Gasteiger partial charge < -0.3 is 25.0 Å². The first-order chi connectivity index (χ1) is 13.1. The van der Waals surface area contributed by atoms with Gasteiger partial charge in [0.05, 0.1) is 25.7 Å². The molecule has 0 aromatic heterocycles. The van der Waals surface area contributed by atoms with E-state index >= 15 is 0 Å². The SMILES string of the molecule is NC(=O)c1ccc(OCCCN2CCC[C@@H](C(=O)N3CCOCC3)C2)cc1. The van der Waals surface area contributed by atoms with Crippen LogP contribution in [0.1, 0.15) is 29.6 Å². The average molecular weight is 375 g/mol. The van der Waals surface area contributed by atoms with Crippen LogP contribution in [-0.4, -0.2) is 74.2 Å². The molecule has 2 saturated heterocycles. The van der Waals surface area contributed by atoms with Gasteiger partial charge in [-0.05, 0) is 50.1 Å². The maximum Gasteiger partial charge on any atom is 0.248 e. The van der Waals surface area contributed by atoms with Gasteiger partial charge in [-0.1, -0.05) is 0 Å². The highest BCUT2D eigenvalue weighted by molar-refractivity contribution is 5.92. The molecule has 0 saturated carbocycles. The van der Waals surface area contributed by atoms with Gasteiger partial charge in [-0.3, -0.25) is 9.59 Å². The zero-order valence-corrected chi connectivity index (χ0v) is 15.8. The van der Waals surface area contributed by atoms with Gasteiger partial charge in [-0.25, -0.2) is 0 Å². The molecule has 0 unspecified atom stereocenters. The van der Waals surface area contributed by atoms with Gasteiger partial charge in [0.2, 0.25) is 11.8 Å². The first-order valence-corrected chi connectivity index (χ1v) is 9.75. The number of piperidine rings is 1. The largest absolute Gasteiger partial charge is 0.494 e. The van der Waals surface area contributed by atoms with Gasteiger partial charge >= 0.3 is 0 Å². The first-order valence-electron chi connectivity index (χ1n) is 9.75. The highest BCUT2D eigenvalue weighted by Gasteiger charge is 2.29. The number of ether oxygens (including phenoxy) is 2. The number of morpholine rings is 1. The topological polar surface area (TPSA) is 85.1 Å². The van der Waals surface area contributed by atoms with Crippen LogP contribution in [0.2, 0.25) is 0 Å². The summed E-state index contributed by atoms with van der Waals surface area (Å²) in [5.74, 6) is 0.694. The number of hydrogen-bond acceptors (Lipinski definition) is 5. The molecule has 1 atom stereocenters. The molecule has 1 aromatic carbocycles. The molecule has 2 aliphatic heterocycles. The lowest BCUT2D eigenvalue weighted by atomic mass is 9.96. The molecule has 2 fully saturated rings. The van der Waals surface area contributed by atoms with Crippen molar-refractivity contribution in [1.29, 1.82) is 0 Å². The van der Waals surface area contributed by atoms with E-state index in [0.717, 1.165) is 57.7 Å². The fourth-order valence-electron chi connectivity index (χ4n) is 3.70. The van der Waals surface area contributed by atoms with Crippen molar-refractivity contribution < 1.29 is 19.1 Å². The molecule has 2 amide bonds. The Hall–Kier alpha value is -2.12. The lowest BCUT2D eigenvalue weighted by molar-refractivity contribution is -0.141. The van der Waals surface area contributed by atoms with Crippen molar-refractivity contribution in [1.82, 2.24) is 9.80 Å². The quantitative estimate of drug-likeness (QED) is 0.722. The molecular weight excluding hydrogens is 346 g/mol. The summed E-state index contributed by atoms with van der Waals surface area (Å²) in [5.41, 5.74) is 5.71. The van der Waals surface area contributed by atoms with E-state index in [4.69, 9.17) is 15.2 Å². The van der Waals surface area contributed by atoms with Crippen LogP contribution in [-0.2, 0) is 9.53 Å². The lowest BCUT2D eigenvalue weighted by Gasteiger charge is -2.36. The number of amides is 2. The molecule has 2 aliphatic rings. The second kappa shape index (κ2) is 9.71. The van der Waals surface area contributed by atoms with E-state index in [-0.39, 0.29) is 11.8 Å². The molecule has 1 aromatic rings. The van der Waals surface area contributed by atoms with Crippen LogP contribution in [0, 0.1) is 5.92 Å². The van der Waals surface area contributed by atoms with E-state index in [1.165, 1.54) is 0 Å². The van der Waals surface area contributed by atoms with E-state index in [9.17, 15) is 9.59 Å². The molecule has 0 spiro atoms. The van der Waals surface area contributed by atoms with Gasteiger partial charge in [0, 0.05) is 31.7 Å². The summed E-state index contributed by atoms with van der Waals surface area (Å²) in [4.78, 5) is 28.1. The standard InChI is InChI=1S/C20H29N3O4/c21-19(24)16-4-6-18(7-5-16)27-12-2-9-22-8-1-3-17(15-22)20(25)23-10-13-26-14-11-23/h4-7,17H,1-3,8-15H2,(H2,21,24)/t17-/m1/s1. The van der Waals surface area contributed by atoms with Crippen LogP contribution in [0.25, 0.3) is 0 Å². The predicted molar refractivity (Wildman–Crippen MR) is 102 cm³/mol. The van der Waals surface area contributed by atoms with Gasteiger partial charge in [-0.15, -0.1) is 0 Å². The molecule has 148 valence electrons. The summed E-state index contributed by atoms with van der Waals surface area (Å²) in [5, 5.41) is 0. The van der Waals surface area contributed by atoms with Crippen LogP contribution in [0.15, 0.2) is 24.3 Å². The molecule has 2 N–H and O–H groups in total. The molecule has 0 radical (unpaired) electrons. The lowest BCUT2D eigenvalue weighted by Crippen LogP contribution is -2.48. The van der Waals surface area contributed by atoms with Crippen LogP contribution in [0.3, 0.4) is 0 Å². The zero-order chi connectivity index (χ0) is 19.1. The second-order valence-electron chi connectivity index (χ2n) is 7.17. The minimum atomic E-state index is -0.437. The Morgan fingerprint density at radius 2 is 1.89 bits per heavy atom. The minimum Gasteiger partial charge on any atom is -0.494 e. The maximum absolute atomic E-state index is 12.7. The number of benzene rings is 1. The summed E-state index contributed by atoms with van der Waals surface area (Å²) in [6.45, 7) is 6.15. The number of carbonyl (C=O) groups is 2. The van der Waals surface area contributed by atoms with Crippen molar-refractivity contribution in [3.8, 4) is 5.75 Å². The minimum absolute atomic E-state index is 0.110. The Morgan fingerprint density at radius 1 is 1.15 bits per heavy atom. The molecule has 0 bridgehead atoms. The molecule has 2 heterocycles. The van der Waals surface area contributed by atoms with Crippen LogP contribution in [0.4, 0.5) is 0 Å². The van der Waals surface area contributed by atoms with Gasteiger partial charge in [0.15, 0.2) is 0 Å². The van der Waals surface area contributed by atoms with E-state index in [1.807, 2.05) is 4.90 Å². The third-order valence-electron chi connectivity index (χ3n) is 5.20. The highest BCUT2D eigenvalue weighted by atomic mass is 16.5. The Bertz CT molecular complexity index is 629. The smallest absolute Gasteiger partial charge is 0.248 e. The van der Waals surface area contributed by atoms with E-state index < -0.39 is 5.91 Å². The van der Waals surface area contributed by atoms with Crippen LogP contribution >= 0.6 is 0 Å². The summed E-state index contributed by atoms with van der Waals surface area (Å²) in [7, 11) is 0. The van der Waals surface area contributed by atoms with Crippen molar-refractivity contribution in [2.75, 3.05) is 52.5 Å². The van der Waals surface area contributed by atoms with Crippen molar-refractivity contribution in [3.05, 3.63) is 29.8 Å². The molecule has 7 heteroatoms. The molecule has 3 rings (SSSR count). The van der Waals surface area contributed by atoms with Gasteiger partial charge in [0.1, 0.15) is 5.75 Å². The Kier molecular flexibility index (Phi) is 7.06. The second-order valence-corrected chi connectivity index (χ2v) is 7.17. The predicted octanol–water partition coefficient (Wildman–Crippen LogP) is 1.13. The first kappa shape index (κ1) is 19.6. The maximum atomic E-state index is 12.7. The fraction of sp³-hybridized carbons (Fsp3) is 0.600. The van der Waals surface area contributed by atoms with E-state index in [2.05, 4.69) is 4.90 Å². The van der Waals surface area contributed by atoms with Crippen molar-refractivity contribution in [2.24, 2.45) is 11.7 Å². The van der Waals surface area contributed by atoms with E-state index in [0.29, 0.717) is 25.4 Å². The number of likely N-dealkylation sites (tertiary alicyclic amines) is 1. The number of carbonyl (C=O) groups excluding carboxylic acids is 2. The number of primary amides is 1. The average Bonchev–Trinajstić information content (AvgIpc) is 2.72.